The normalized spacial score (nSPS) is 19.8. The maximum atomic E-state index is 5.87. The van der Waals surface area contributed by atoms with E-state index in [0.29, 0.717) is 23.8 Å². The van der Waals surface area contributed by atoms with Crippen molar-refractivity contribution < 1.29 is 18.9 Å². The molecule has 26 heavy (non-hydrogen) atoms. The molecule has 1 saturated heterocycles. The summed E-state index contributed by atoms with van der Waals surface area (Å²) in [5.74, 6) is 3.13. The van der Waals surface area contributed by atoms with Crippen LogP contribution in [0.25, 0.3) is 0 Å². The maximum Gasteiger partial charge on any atom is 0.203 e. The second-order valence-corrected chi connectivity index (χ2v) is 7.44. The molecule has 2 aliphatic heterocycles. The van der Waals surface area contributed by atoms with Crippen molar-refractivity contribution in [3.05, 3.63) is 17.7 Å². The zero-order valence-electron chi connectivity index (χ0n) is 15.8. The van der Waals surface area contributed by atoms with Crippen LogP contribution in [0.5, 0.6) is 17.2 Å². The number of benzene rings is 1. The average Bonchev–Trinajstić information content (AvgIpc) is 3.20. The fraction of sp³-hybridized carbons (Fsp3) is 0.632. The van der Waals surface area contributed by atoms with E-state index < -0.39 is 0 Å². The summed E-state index contributed by atoms with van der Waals surface area (Å²) in [6, 6.07) is 3.97. The summed E-state index contributed by atoms with van der Waals surface area (Å²) in [7, 11) is 4.93. The smallest absolute Gasteiger partial charge is 0.203 e. The molecule has 6 nitrogen and oxygen atoms in total. The molecule has 0 N–H and O–H groups in total. The Kier molecular flexibility index (Phi) is 6.91. The zero-order chi connectivity index (χ0) is 18.4. The van der Waals surface area contributed by atoms with Gasteiger partial charge in [0.15, 0.2) is 16.7 Å². The first-order valence-corrected chi connectivity index (χ1v) is 10.1. The highest BCUT2D eigenvalue weighted by Crippen LogP contribution is 2.40. The molecule has 7 heteroatoms. The molecule has 0 aliphatic carbocycles. The molecule has 0 saturated carbocycles. The van der Waals surface area contributed by atoms with Gasteiger partial charge in [0.1, 0.15) is 0 Å². The third-order valence-electron chi connectivity index (χ3n) is 4.65. The third kappa shape index (κ3) is 4.38. The van der Waals surface area contributed by atoms with Crippen molar-refractivity contribution in [1.29, 1.82) is 0 Å². The largest absolute Gasteiger partial charge is 0.493 e. The molecule has 0 bridgehead atoms. The van der Waals surface area contributed by atoms with Crippen LogP contribution in [0.15, 0.2) is 17.1 Å². The molecule has 1 unspecified atom stereocenters. The number of nitrogens with zero attached hydrogens (tertiary/aromatic N) is 2. The topological polar surface area (TPSA) is 52.5 Å². The summed E-state index contributed by atoms with van der Waals surface area (Å²) >= 11 is 1.83. The van der Waals surface area contributed by atoms with Gasteiger partial charge in [0.05, 0.1) is 27.4 Å². The van der Waals surface area contributed by atoms with Gasteiger partial charge >= 0.3 is 0 Å². The van der Waals surface area contributed by atoms with Crippen LogP contribution < -0.4 is 14.2 Å². The van der Waals surface area contributed by atoms with E-state index in [9.17, 15) is 0 Å². The summed E-state index contributed by atoms with van der Waals surface area (Å²) in [6.45, 7) is 3.31. The van der Waals surface area contributed by atoms with Gasteiger partial charge < -0.3 is 23.8 Å². The summed E-state index contributed by atoms with van der Waals surface area (Å²) in [4.78, 5) is 7.08. The van der Waals surface area contributed by atoms with Gasteiger partial charge in [0, 0.05) is 37.6 Å². The van der Waals surface area contributed by atoms with Crippen LogP contribution in [0, 0.1) is 0 Å². The molecule has 1 aromatic rings. The lowest BCUT2D eigenvalue weighted by atomic mass is 10.1. The van der Waals surface area contributed by atoms with Crippen LogP contribution in [0.2, 0.25) is 0 Å². The SMILES string of the molecule is COc1ccc(CN(CC2CCCO2)C2=NCCCS2)c(OC)c1OC. The highest BCUT2D eigenvalue weighted by Gasteiger charge is 2.25. The fourth-order valence-electron chi connectivity index (χ4n) is 3.38. The van der Waals surface area contributed by atoms with Gasteiger partial charge in [-0.1, -0.05) is 11.8 Å². The van der Waals surface area contributed by atoms with Gasteiger partial charge in [0.2, 0.25) is 5.75 Å². The predicted octanol–water partition coefficient (Wildman–Crippen LogP) is 3.19. The second kappa shape index (κ2) is 9.37. The van der Waals surface area contributed by atoms with Crippen molar-refractivity contribution in [3.8, 4) is 17.2 Å². The Morgan fingerprint density at radius 2 is 2.00 bits per heavy atom. The van der Waals surface area contributed by atoms with E-state index in [1.54, 1.807) is 21.3 Å². The van der Waals surface area contributed by atoms with Gasteiger partial charge in [0.25, 0.3) is 0 Å². The minimum absolute atomic E-state index is 0.270. The monoisotopic (exact) mass is 380 g/mol. The maximum absolute atomic E-state index is 5.87. The first-order chi connectivity index (χ1) is 12.8. The van der Waals surface area contributed by atoms with E-state index in [2.05, 4.69) is 4.90 Å². The van der Waals surface area contributed by atoms with Crippen LogP contribution in [0.1, 0.15) is 24.8 Å². The minimum atomic E-state index is 0.270. The van der Waals surface area contributed by atoms with Crippen LogP contribution in [-0.4, -0.2) is 63.0 Å². The molecule has 0 amide bonds. The number of methoxy groups -OCH3 is 3. The number of thioether (sulfide) groups is 1. The molecule has 0 spiro atoms. The van der Waals surface area contributed by atoms with Crippen molar-refractivity contribution >= 4 is 16.9 Å². The minimum Gasteiger partial charge on any atom is -0.493 e. The molecule has 2 aliphatic rings. The molecule has 144 valence electrons. The van der Waals surface area contributed by atoms with Crippen LogP contribution in [0.4, 0.5) is 0 Å². The quantitative estimate of drug-likeness (QED) is 0.724. The van der Waals surface area contributed by atoms with Crippen LogP contribution in [-0.2, 0) is 11.3 Å². The lowest BCUT2D eigenvalue weighted by molar-refractivity contribution is 0.0904. The van der Waals surface area contributed by atoms with Crippen molar-refractivity contribution in [1.82, 2.24) is 4.90 Å². The van der Waals surface area contributed by atoms with Crippen molar-refractivity contribution in [2.24, 2.45) is 4.99 Å². The van der Waals surface area contributed by atoms with E-state index in [1.807, 2.05) is 23.9 Å². The Morgan fingerprint density at radius 1 is 1.15 bits per heavy atom. The van der Waals surface area contributed by atoms with E-state index in [0.717, 1.165) is 55.4 Å². The lowest BCUT2D eigenvalue weighted by Gasteiger charge is -2.30. The Hall–Kier alpha value is -1.60. The Morgan fingerprint density at radius 3 is 2.62 bits per heavy atom. The molecule has 2 heterocycles. The number of aliphatic imine (C=N–C) groups is 1. The van der Waals surface area contributed by atoms with E-state index in [4.69, 9.17) is 23.9 Å². The number of amidine groups is 1. The van der Waals surface area contributed by atoms with Gasteiger partial charge in [-0.25, -0.2) is 0 Å². The summed E-state index contributed by atoms with van der Waals surface area (Å²) in [6.07, 6.45) is 3.66. The first-order valence-electron chi connectivity index (χ1n) is 9.08. The van der Waals surface area contributed by atoms with Gasteiger partial charge in [-0.05, 0) is 31.4 Å². The Balaban J connectivity index is 1.86. The highest BCUT2D eigenvalue weighted by atomic mass is 32.2. The van der Waals surface area contributed by atoms with Crippen molar-refractivity contribution in [2.45, 2.75) is 31.9 Å². The molecule has 3 rings (SSSR count). The van der Waals surface area contributed by atoms with Crippen LogP contribution in [0.3, 0.4) is 0 Å². The molecule has 1 aromatic carbocycles. The molecule has 1 fully saturated rings. The number of ether oxygens (including phenoxy) is 4. The first kappa shape index (κ1) is 19.2. The summed E-state index contributed by atoms with van der Waals surface area (Å²) in [5.41, 5.74) is 1.05. The van der Waals surface area contributed by atoms with Crippen LogP contribution >= 0.6 is 11.8 Å². The highest BCUT2D eigenvalue weighted by molar-refractivity contribution is 8.13. The second-order valence-electron chi connectivity index (χ2n) is 6.38. The number of hydrogen-bond donors (Lipinski definition) is 0. The van der Waals surface area contributed by atoms with Gasteiger partial charge in [-0.2, -0.15) is 0 Å². The summed E-state index contributed by atoms with van der Waals surface area (Å²) in [5, 5.41) is 1.10. The molecule has 0 aromatic heterocycles. The van der Waals surface area contributed by atoms with E-state index in [-0.39, 0.29) is 6.10 Å². The van der Waals surface area contributed by atoms with Crippen molar-refractivity contribution in [2.75, 3.05) is 46.8 Å². The van der Waals surface area contributed by atoms with E-state index in [1.165, 1.54) is 0 Å². The Labute approximate surface area is 159 Å². The fourth-order valence-corrected chi connectivity index (χ4v) is 4.34. The van der Waals surface area contributed by atoms with Gasteiger partial charge in [-0.3, -0.25) is 4.99 Å². The molecular formula is C19H28N2O4S. The zero-order valence-corrected chi connectivity index (χ0v) is 16.6. The average molecular weight is 381 g/mol. The number of rotatable bonds is 7. The number of hydrogen-bond acceptors (Lipinski definition) is 7. The lowest BCUT2D eigenvalue weighted by Crippen LogP contribution is -2.36. The predicted molar refractivity (Wildman–Crippen MR) is 105 cm³/mol. The summed E-state index contributed by atoms with van der Waals surface area (Å²) < 4.78 is 22.5. The Bertz CT molecular complexity index is 632. The standard InChI is InChI=1S/C19H28N2O4S/c1-22-16-8-7-14(17(23-2)18(16)24-3)12-21(13-15-6-4-10-25-15)19-20-9-5-11-26-19/h7-8,15H,4-6,9-13H2,1-3H3. The molecule has 1 atom stereocenters. The van der Waals surface area contributed by atoms with E-state index >= 15 is 0 Å². The molecular weight excluding hydrogens is 352 g/mol. The third-order valence-corrected chi connectivity index (χ3v) is 5.78. The van der Waals surface area contributed by atoms with Gasteiger partial charge in [-0.15, -0.1) is 0 Å². The molecule has 0 radical (unpaired) electrons. The van der Waals surface area contributed by atoms with Crippen molar-refractivity contribution in [3.63, 3.8) is 0 Å².